The van der Waals surface area contributed by atoms with Gasteiger partial charge < -0.3 is 9.97 Å². The van der Waals surface area contributed by atoms with Crippen LogP contribution in [0.25, 0.3) is 22.2 Å². The molecule has 0 saturated carbocycles. The Bertz CT molecular complexity index is 997. The van der Waals surface area contributed by atoms with Gasteiger partial charge in [-0.05, 0) is 17.4 Å². The Labute approximate surface area is 139 Å². The third kappa shape index (κ3) is 2.44. The average molecular weight is 320 g/mol. The van der Waals surface area contributed by atoms with Crippen LogP contribution in [0.1, 0.15) is 49.6 Å². The largest absolute Gasteiger partial charge is 0.358 e. The third-order valence-electron chi connectivity index (χ3n) is 4.47. The Balaban J connectivity index is 1.67. The van der Waals surface area contributed by atoms with Gasteiger partial charge >= 0.3 is 0 Å². The van der Waals surface area contributed by atoms with Crippen molar-refractivity contribution in [2.24, 2.45) is 0 Å². The Morgan fingerprint density at radius 1 is 0.917 bits per heavy atom. The highest BCUT2D eigenvalue weighted by Gasteiger charge is 2.16. The number of nitrogens with one attached hydrogen (secondary N) is 2. The summed E-state index contributed by atoms with van der Waals surface area (Å²) in [6, 6.07) is 0. The van der Waals surface area contributed by atoms with E-state index in [1.54, 1.807) is 12.4 Å². The van der Waals surface area contributed by atoms with Gasteiger partial charge in [-0.3, -0.25) is 4.98 Å². The molecule has 122 valence electrons. The highest BCUT2D eigenvalue weighted by Crippen LogP contribution is 2.27. The maximum Gasteiger partial charge on any atom is 0.156 e. The van der Waals surface area contributed by atoms with Gasteiger partial charge in [-0.25, -0.2) is 15.0 Å². The highest BCUT2D eigenvalue weighted by molar-refractivity contribution is 5.78. The molecule has 24 heavy (non-hydrogen) atoms. The van der Waals surface area contributed by atoms with Gasteiger partial charge in [0.1, 0.15) is 11.3 Å². The van der Waals surface area contributed by atoms with Gasteiger partial charge in [0, 0.05) is 36.8 Å². The Morgan fingerprint density at radius 2 is 1.71 bits per heavy atom. The minimum atomic E-state index is 0.259. The van der Waals surface area contributed by atoms with E-state index in [-0.39, 0.29) is 5.92 Å². The molecule has 4 aromatic rings. The number of aromatic amines is 2. The van der Waals surface area contributed by atoms with E-state index < -0.39 is 0 Å². The van der Waals surface area contributed by atoms with E-state index in [4.69, 9.17) is 4.98 Å². The fourth-order valence-corrected chi connectivity index (χ4v) is 3.14. The van der Waals surface area contributed by atoms with Gasteiger partial charge in [0.05, 0.1) is 17.2 Å². The number of rotatable bonds is 4. The lowest BCUT2D eigenvalue weighted by molar-refractivity contribution is 0.724. The van der Waals surface area contributed by atoms with Crippen molar-refractivity contribution in [2.45, 2.75) is 39.0 Å². The molecule has 0 spiro atoms. The smallest absolute Gasteiger partial charge is 0.156 e. The Kier molecular flexibility index (Phi) is 3.52. The lowest BCUT2D eigenvalue weighted by Gasteiger charge is -2.09. The molecule has 0 aromatic carbocycles. The summed E-state index contributed by atoms with van der Waals surface area (Å²) < 4.78 is 0. The van der Waals surface area contributed by atoms with Crippen molar-refractivity contribution < 1.29 is 0 Å². The second-order valence-corrected chi connectivity index (χ2v) is 6.55. The Hall–Kier alpha value is -2.76. The molecule has 0 amide bonds. The lowest BCUT2D eigenvalue weighted by atomic mass is 9.99. The highest BCUT2D eigenvalue weighted by atomic mass is 14.9. The van der Waals surface area contributed by atoms with Crippen molar-refractivity contribution in [1.82, 2.24) is 29.9 Å². The molecule has 0 radical (unpaired) electrons. The first-order valence-electron chi connectivity index (χ1n) is 8.24. The first-order chi connectivity index (χ1) is 11.6. The van der Waals surface area contributed by atoms with Crippen LogP contribution in [0.2, 0.25) is 0 Å². The van der Waals surface area contributed by atoms with Crippen LogP contribution in [0.3, 0.4) is 0 Å². The quantitative estimate of drug-likeness (QED) is 0.600. The van der Waals surface area contributed by atoms with E-state index >= 15 is 0 Å². The van der Waals surface area contributed by atoms with Crippen LogP contribution in [-0.4, -0.2) is 29.9 Å². The number of hydrogen-bond donors (Lipinski definition) is 2. The minimum absolute atomic E-state index is 0.259. The van der Waals surface area contributed by atoms with Crippen molar-refractivity contribution in [2.75, 3.05) is 0 Å². The second kappa shape index (κ2) is 5.70. The number of fused-ring (bicyclic) bond motifs is 2. The number of hydrogen-bond acceptors (Lipinski definition) is 4. The van der Waals surface area contributed by atoms with Gasteiger partial charge in [0.25, 0.3) is 0 Å². The van der Waals surface area contributed by atoms with Crippen LogP contribution >= 0.6 is 0 Å². The van der Waals surface area contributed by atoms with Crippen LogP contribution < -0.4 is 0 Å². The normalized spacial score (nSPS) is 13.2. The summed E-state index contributed by atoms with van der Waals surface area (Å²) in [4.78, 5) is 24.5. The molecule has 0 saturated heterocycles. The predicted octanol–water partition coefficient (Wildman–Crippen LogP) is 3.70. The van der Waals surface area contributed by atoms with Crippen molar-refractivity contribution in [3.05, 3.63) is 47.9 Å². The molecule has 0 aliphatic heterocycles. The van der Waals surface area contributed by atoms with E-state index in [1.807, 2.05) is 18.6 Å². The first kappa shape index (κ1) is 14.8. The lowest BCUT2D eigenvalue weighted by Crippen LogP contribution is -2.03. The van der Waals surface area contributed by atoms with Crippen LogP contribution in [0.15, 0.2) is 31.0 Å². The summed E-state index contributed by atoms with van der Waals surface area (Å²) in [7, 11) is 0. The zero-order valence-electron chi connectivity index (χ0n) is 14.0. The summed E-state index contributed by atoms with van der Waals surface area (Å²) >= 11 is 0. The number of aromatic nitrogens is 6. The van der Waals surface area contributed by atoms with E-state index in [2.05, 4.69) is 45.7 Å². The monoisotopic (exact) mass is 320 g/mol. The fourth-order valence-electron chi connectivity index (χ4n) is 3.14. The number of nitrogens with zero attached hydrogens (tertiary/aromatic N) is 4. The molecule has 0 aliphatic carbocycles. The molecule has 6 nitrogen and oxygen atoms in total. The number of H-pyrrole nitrogens is 2. The van der Waals surface area contributed by atoms with E-state index in [9.17, 15) is 0 Å². The molecular weight excluding hydrogens is 300 g/mol. The van der Waals surface area contributed by atoms with Crippen molar-refractivity contribution in [3.8, 4) is 0 Å². The van der Waals surface area contributed by atoms with E-state index in [0.29, 0.717) is 5.92 Å². The van der Waals surface area contributed by atoms with Crippen LogP contribution in [0.4, 0.5) is 0 Å². The first-order valence-corrected chi connectivity index (χ1v) is 8.24. The molecule has 6 heteroatoms. The zero-order chi connectivity index (χ0) is 16.7. The van der Waals surface area contributed by atoms with Crippen LogP contribution in [0.5, 0.6) is 0 Å². The second-order valence-electron chi connectivity index (χ2n) is 6.55. The van der Waals surface area contributed by atoms with Gasteiger partial charge in [-0.15, -0.1) is 0 Å². The molecule has 0 bridgehead atoms. The Morgan fingerprint density at radius 3 is 2.54 bits per heavy atom. The molecule has 4 rings (SSSR count). The van der Waals surface area contributed by atoms with Crippen molar-refractivity contribution >= 4 is 22.2 Å². The molecule has 4 heterocycles. The van der Waals surface area contributed by atoms with E-state index in [1.165, 1.54) is 5.56 Å². The van der Waals surface area contributed by atoms with Gasteiger partial charge in [0.15, 0.2) is 5.65 Å². The van der Waals surface area contributed by atoms with Gasteiger partial charge in [-0.1, -0.05) is 20.8 Å². The fraction of sp³-hybridized carbons (Fsp3) is 0.333. The third-order valence-corrected chi connectivity index (χ3v) is 4.47. The summed E-state index contributed by atoms with van der Waals surface area (Å²) in [5.41, 5.74) is 6.16. The molecule has 1 unspecified atom stereocenters. The van der Waals surface area contributed by atoms with E-state index in [0.717, 1.165) is 40.0 Å². The van der Waals surface area contributed by atoms with Crippen LogP contribution in [-0.2, 0) is 6.42 Å². The van der Waals surface area contributed by atoms with Crippen LogP contribution in [0, 0.1) is 0 Å². The molecular formula is C18H20N6. The molecule has 2 N–H and O–H groups in total. The van der Waals surface area contributed by atoms with Gasteiger partial charge in [-0.2, -0.15) is 0 Å². The molecule has 1 atom stereocenters. The minimum Gasteiger partial charge on any atom is -0.358 e. The zero-order valence-corrected chi connectivity index (χ0v) is 14.0. The van der Waals surface area contributed by atoms with Crippen molar-refractivity contribution in [1.29, 1.82) is 0 Å². The summed E-state index contributed by atoms with van der Waals surface area (Å²) in [6.07, 6.45) is 10.1. The summed E-state index contributed by atoms with van der Waals surface area (Å²) in [5, 5.41) is 0. The van der Waals surface area contributed by atoms with Crippen molar-refractivity contribution in [3.63, 3.8) is 0 Å². The summed E-state index contributed by atoms with van der Waals surface area (Å²) in [5.74, 6) is 1.55. The summed E-state index contributed by atoms with van der Waals surface area (Å²) in [6.45, 7) is 6.53. The SMILES string of the molecule is CC(C)c1c[nH]c2cnc(CC(C)c3c[nH]c4nccnc34)nc12. The van der Waals surface area contributed by atoms with Gasteiger partial charge in [0.2, 0.25) is 0 Å². The molecule has 0 fully saturated rings. The maximum absolute atomic E-state index is 4.80. The molecule has 0 aliphatic rings. The topological polar surface area (TPSA) is 83.1 Å². The standard InChI is InChI=1S/C18H20N6/c1-10(2)12-7-21-14-9-22-15(24-16(12)14)6-11(3)13-8-23-18-17(13)19-4-5-20-18/h4-5,7-11,21H,6H2,1-3H3,(H,20,23). The molecule has 4 aromatic heterocycles. The predicted molar refractivity (Wildman–Crippen MR) is 94.0 cm³/mol. The maximum atomic E-state index is 4.80. The average Bonchev–Trinajstić information content (AvgIpc) is 3.18.